The van der Waals surface area contributed by atoms with E-state index in [1.807, 2.05) is 18.2 Å². The standard InChI is InChI=1S/C28H22BrF3N6O2/c29-19-3-6-21-22(15-19)34-26(39)25(21)36-11-13-37(14-12-36)27(40)23-16-24(17-7-9-33-10-8-17)38(35-23)20-4-1-18(2-5-20)28(30,31)32/h1-10,15-16,25H,11-14H2,(H,34,39). The van der Waals surface area contributed by atoms with Crippen LogP contribution in [0.1, 0.15) is 27.7 Å². The first-order valence-corrected chi connectivity index (χ1v) is 13.3. The van der Waals surface area contributed by atoms with Gasteiger partial charge in [-0.25, -0.2) is 4.68 Å². The largest absolute Gasteiger partial charge is 0.416 e. The molecule has 2 aliphatic heterocycles. The van der Waals surface area contributed by atoms with E-state index in [2.05, 4.69) is 36.2 Å². The first-order valence-electron chi connectivity index (χ1n) is 12.5. The minimum atomic E-state index is -4.46. The molecule has 4 aromatic rings. The Hall–Kier alpha value is -4.03. The fourth-order valence-corrected chi connectivity index (χ4v) is 5.49. The quantitative estimate of drug-likeness (QED) is 0.345. The number of anilines is 1. The highest BCUT2D eigenvalue weighted by Crippen LogP contribution is 2.37. The summed E-state index contributed by atoms with van der Waals surface area (Å²) < 4.78 is 41.7. The smallest absolute Gasteiger partial charge is 0.335 e. The second-order valence-corrected chi connectivity index (χ2v) is 10.5. The predicted octanol–water partition coefficient (Wildman–Crippen LogP) is 5.17. The van der Waals surface area contributed by atoms with Crippen molar-refractivity contribution in [3.05, 3.63) is 94.4 Å². The number of hydrogen-bond donors (Lipinski definition) is 1. The van der Waals surface area contributed by atoms with E-state index in [9.17, 15) is 22.8 Å². The van der Waals surface area contributed by atoms with Crippen LogP contribution in [0.15, 0.2) is 77.5 Å². The number of alkyl halides is 3. The minimum absolute atomic E-state index is 0.0925. The number of carbonyl (C=O) groups is 2. The highest BCUT2D eigenvalue weighted by molar-refractivity contribution is 9.10. The molecule has 0 spiro atoms. The number of piperazine rings is 1. The summed E-state index contributed by atoms with van der Waals surface area (Å²) in [4.78, 5) is 34.0. The van der Waals surface area contributed by atoms with Crippen molar-refractivity contribution in [2.75, 3.05) is 31.5 Å². The van der Waals surface area contributed by atoms with Gasteiger partial charge in [-0.15, -0.1) is 0 Å². The van der Waals surface area contributed by atoms with Gasteiger partial charge in [-0.3, -0.25) is 19.5 Å². The van der Waals surface area contributed by atoms with Crippen molar-refractivity contribution in [1.29, 1.82) is 0 Å². The topological polar surface area (TPSA) is 83.4 Å². The molecule has 12 heteroatoms. The lowest BCUT2D eigenvalue weighted by atomic mass is 10.1. The Labute approximate surface area is 235 Å². The van der Waals surface area contributed by atoms with Gasteiger partial charge in [-0.05, 0) is 54.6 Å². The molecule has 0 aliphatic carbocycles. The van der Waals surface area contributed by atoms with Crippen LogP contribution in [0.5, 0.6) is 0 Å². The molecule has 4 heterocycles. The molecule has 40 heavy (non-hydrogen) atoms. The monoisotopic (exact) mass is 610 g/mol. The Balaban J connectivity index is 1.24. The van der Waals surface area contributed by atoms with Gasteiger partial charge in [0.15, 0.2) is 5.69 Å². The number of rotatable bonds is 4. The van der Waals surface area contributed by atoms with Gasteiger partial charge in [-0.1, -0.05) is 22.0 Å². The van der Waals surface area contributed by atoms with Gasteiger partial charge in [-0.2, -0.15) is 18.3 Å². The number of hydrogen-bond acceptors (Lipinski definition) is 5. The third kappa shape index (κ3) is 4.88. The molecule has 0 bridgehead atoms. The molecule has 1 N–H and O–H groups in total. The van der Waals surface area contributed by atoms with Crippen molar-refractivity contribution in [1.82, 2.24) is 24.6 Å². The molecule has 0 saturated carbocycles. The number of benzene rings is 2. The number of nitrogens with zero attached hydrogens (tertiary/aromatic N) is 5. The van der Waals surface area contributed by atoms with E-state index in [1.54, 1.807) is 35.5 Å². The molecule has 2 aliphatic rings. The average molecular weight is 611 g/mol. The van der Waals surface area contributed by atoms with Crippen LogP contribution in [-0.4, -0.2) is 62.6 Å². The van der Waals surface area contributed by atoms with Crippen molar-refractivity contribution in [2.45, 2.75) is 12.2 Å². The van der Waals surface area contributed by atoms with E-state index in [0.717, 1.165) is 27.9 Å². The summed E-state index contributed by atoms with van der Waals surface area (Å²) in [6.07, 6.45) is -1.27. The van der Waals surface area contributed by atoms with Gasteiger partial charge < -0.3 is 10.2 Å². The fourth-order valence-electron chi connectivity index (χ4n) is 5.13. The first-order chi connectivity index (χ1) is 19.2. The second-order valence-electron chi connectivity index (χ2n) is 9.56. The van der Waals surface area contributed by atoms with Crippen molar-refractivity contribution >= 4 is 33.4 Å². The normalized spacial score (nSPS) is 17.6. The molecule has 2 amide bonds. The SMILES string of the molecule is O=C1Nc2cc(Br)ccc2C1N1CCN(C(=O)c2cc(-c3ccncc3)n(-c3ccc(C(F)(F)F)cc3)n2)CC1. The number of nitrogens with one attached hydrogen (secondary N) is 1. The van der Waals surface area contributed by atoms with Gasteiger partial charge in [0.05, 0.1) is 16.9 Å². The molecule has 1 atom stereocenters. The van der Waals surface area contributed by atoms with Gasteiger partial charge in [0.1, 0.15) is 6.04 Å². The molecule has 1 saturated heterocycles. The molecule has 2 aromatic heterocycles. The Bertz CT molecular complexity index is 1580. The summed E-state index contributed by atoms with van der Waals surface area (Å²) in [5, 5.41) is 7.44. The maximum atomic E-state index is 13.5. The highest BCUT2D eigenvalue weighted by atomic mass is 79.9. The van der Waals surface area contributed by atoms with Crippen molar-refractivity contribution in [2.24, 2.45) is 0 Å². The number of carbonyl (C=O) groups excluding carboxylic acids is 2. The third-order valence-electron chi connectivity index (χ3n) is 7.13. The Morgan fingerprint density at radius 1 is 0.950 bits per heavy atom. The summed E-state index contributed by atoms with van der Waals surface area (Å²) in [7, 11) is 0. The molecule has 0 radical (unpaired) electrons. The summed E-state index contributed by atoms with van der Waals surface area (Å²) >= 11 is 3.43. The Morgan fingerprint density at radius 2 is 1.65 bits per heavy atom. The zero-order valence-electron chi connectivity index (χ0n) is 20.9. The van der Waals surface area contributed by atoms with Gasteiger partial charge in [0, 0.05) is 59.9 Å². The molecule has 204 valence electrons. The minimum Gasteiger partial charge on any atom is -0.335 e. The van der Waals surface area contributed by atoms with Crippen LogP contribution in [0.2, 0.25) is 0 Å². The lowest BCUT2D eigenvalue weighted by Gasteiger charge is -2.37. The summed E-state index contributed by atoms with van der Waals surface area (Å²) in [6, 6.07) is 15.0. The molecule has 1 unspecified atom stereocenters. The fraction of sp³-hybridized carbons (Fsp3) is 0.214. The van der Waals surface area contributed by atoms with E-state index in [1.165, 1.54) is 16.8 Å². The van der Waals surface area contributed by atoms with Gasteiger partial charge in [0.2, 0.25) is 5.91 Å². The zero-order valence-corrected chi connectivity index (χ0v) is 22.5. The summed E-state index contributed by atoms with van der Waals surface area (Å²) in [6.45, 7) is 1.78. The molecular weight excluding hydrogens is 589 g/mol. The zero-order chi connectivity index (χ0) is 28.0. The first kappa shape index (κ1) is 26.2. The average Bonchev–Trinajstić information content (AvgIpc) is 3.53. The summed E-state index contributed by atoms with van der Waals surface area (Å²) in [5.41, 5.74) is 2.74. The molecule has 2 aromatic carbocycles. The number of fused-ring (bicyclic) bond motifs is 1. The second kappa shape index (κ2) is 10.2. The van der Waals surface area contributed by atoms with Crippen molar-refractivity contribution in [3.63, 3.8) is 0 Å². The van der Waals surface area contributed by atoms with Crippen LogP contribution in [0.4, 0.5) is 18.9 Å². The number of halogens is 4. The lowest BCUT2D eigenvalue weighted by Crippen LogP contribution is -2.50. The number of amides is 2. The van der Waals surface area contributed by atoms with Gasteiger partial charge >= 0.3 is 6.18 Å². The predicted molar refractivity (Wildman–Crippen MR) is 145 cm³/mol. The van der Waals surface area contributed by atoms with Gasteiger partial charge in [0.25, 0.3) is 5.91 Å². The maximum absolute atomic E-state index is 13.5. The number of pyridine rings is 1. The van der Waals surface area contributed by atoms with Crippen LogP contribution in [-0.2, 0) is 11.0 Å². The van der Waals surface area contributed by atoms with E-state index in [0.29, 0.717) is 43.1 Å². The van der Waals surface area contributed by atoms with Crippen molar-refractivity contribution < 1.29 is 22.8 Å². The molecule has 6 rings (SSSR count). The summed E-state index contributed by atoms with van der Waals surface area (Å²) in [5.74, 6) is -0.383. The molecular formula is C28H22BrF3N6O2. The lowest BCUT2D eigenvalue weighted by molar-refractivity contribution is -0.137. The number of aromatic nitrogens is 3. The Kier molecular flexibility index (Phi) is 6.67. The van der Waals surface area contributed by atoms with E-state index in [-0.39, 0.29) is 17.5 Å². The van der Waals surface area contributed by atoms with Crippen molar-refractivity contribution in [3.8, 4) is 16.9 Å². The Morgan fingerprint density at radius 3 is 2.33 bits per heavy atom. The molecule has 8 nitrogen and oxygen atoms in total. The van der Waals surface area contributed by atoms with Crippen LogP contribution < -0.4 is 5.32 Å². The van der Waals surface area contributed by atoms with Crippen LogP contribution in [0.25, 0.3) is 16.9 Å². The third-order valence-corrected chi connectivity index (χ3v) is 7.62. The highest BCUT2D eigenvalue weighted by Gasteiger charge is 2.38. The van der Waals surface area contributed by atoms with E-state index >= 15 is 0 Å². The maximum Gasteiger partial charge on any atom is 0.416 e. The van der Waals surface area contributed by atoms with E-state index < -0.39 is 17.8 Å². The van der Waals surface area contributed by atoms with Crippen LogP contribution >= 0.6 is 15.9 Å². The molecule has 1 fully saturated rings. The van der Waals surface area contributed by atoms with Crippen LogP contribution in [0.3, 0.4) is 0 Å². The van der Waals surface area contributed by atoms with Crippen LogP contribution in [0, 0.1) is 0 Å². The van der Waals surface area contributed by atoms with E-state index in [4.69, 9.17) is 0 Å².